The Balaban J connectivity index is 1.35. The van der Waals surface area contributed by atoms with Gasteiger partial charge in [0.15, 0.2) is 0 Å². The maximum Gasteiger partial charge on any atom is 0.272 e. The lowest BCUT2D eigenvalue weighted by Gasteiger charge is -2.34. The van der Waals surface area contributed by atoms with E-state index in [1.165, 1.54) is 5.56 Å². The fourth-order valence-electron chi connectivity index (χ4n) is 3.63. The van der Waals surface area contributed by atoms with Crippen LogP contribution in [0.4, 0.5) is 0 Å². The Bertz CT molecular complexity index is 929. The largest absolute Gasteiger partial charge is 0.494 e. The number of carbonyl (C=O) groups excluding carboxylic acids is 1. The fraction of sp³-hybridized carbons (Fsp3) is 0.304. The highest BCUT2D eigenvalue weighted by atomic mass is 16.5. The monoisotopic (exact) mass is 390 g/mol. The number of imidazole rings is 1. The number of para-hydroxylation sites is 1. The quantitative estimate of drug-likeness (QED) is 0.648. The summed E-state index contributed by atoms with van der Waals surface area (Å²) in [6.07, 6.45) is 3.35. The second-order valence-corrected chi connectivity index (χ2v) is 7.13. The first-order chi connectivity index (χ1) is 14.2. The Morgan fingerprint density at radius 1 is 1.00 bits per heavy atom. The SMILES string of the molecule is CCOc1ccc(CN2CCN(C(=O)c3cncn3-c3ccccc3)CC2)cc1. The van der Waals surface area contributed by atoms with Gasteiger partial charge in [0.25, 0.3) is 5.91 Å². The Morgan fingerprint density at radius 3 is 2.41 bits per heavy atom. The topological polar surface area (TPSA) is 50.6 Å². The van der Waals surface area contributed by atoms with Crippen LogP contribution in [-0.2, 0) is 6.54 Å². The highest BCUT2D eigenvalue weighted by molar-refractivity contribution is 5.93. The highest BCUT2D eigenvalue weighted by Gasteiger charge is 2.24. The number of ether oxygens (including phenoxy) is 1. The van der Waals surface area contributed by atoms with Gasteiger partial charge in [-0.1, -0.05) is 30.3 Å². The van der Waals surface area contributed by atoms with Gasteiger partial charge in [-0.3, -0.25) is 14.3 Å². The van der Waals surface area contributed by atoms with Crippen LogP contribution in [0.25, 0.3) is 5.69 Å². The Morgan fingerprint density at radius 2 is 1.72 bits per heavy atom. The summed E-state index contributed by atoms with van der Waals surface area (Å²) in [5.41, 5.74) is 2.81. The molecule has 1 saturated heterocycles. The minimum atomic E-state index is 0.0343. The van der Waals surface area contributed by atoms with Crippen LogP contribution in [-0.4, -0.2) is 58.0 Å². The molecule has 1 aromatic heterocycles. The lowest BCUT2D eigenvalue weighted by molar-refractivity contribution is 0.0620. The van der Waals surface area contributed by atoms with Crippen molar-refractivity contribution in [3.63, 3.8) is 0 Å². The zero-order chi connectivity index (χ0) is 20.1. The second-order valence-electron chi connectivity index (χ2n) is 7.13. The van der Waals surface area contributed by atoms with E-state index in [-0.39, 0.29) is 5.91 Å². The maximum atomic E-state index is 13.1. The smallest absolute Gasteiger partial charge is 0.272 e. The Kier molecular flexibility index (Phi) is 5.91. The summed E-state index contributed by atoms with van der Waals surface area (Å²) in [4.78, 5) is 21.6. The third kappa shape index (κ3) is 4.49. The van der Waals surface area contributed by atoms with E-state index in [4.69, 9.17) is 4.74 Å². The van der Waals surface area contributed by atoms with Crippen LogP contribution >= 0.6 is 0 Å². The number of amides is 1. The Hall–Kier alpha value is -3.12. The summed E-state index contributed by atoms with van der Waals surface area (Å²) in [7, 11) is 0. The van der Waals surface area contributed by atoms with Gasteiger partial charge in [0, 0.05) is 38.4 Å². The predicted molar refractivity (Wildman–Crippen MR) is 112 cm³/mol. The number of aromatic nitrogens is 2. The van der Waals surface area contributed by atoms with Gasteiger partial charge < -0.3 is 9.64 Å². The van der Waals surface area contributed by atoms with Crippen molar-refractivity contribution in [2.45, 2.75) is 13.5 Å². The molecule has 0 spiro atoms. The van der Waals surface area contributed by atoms with Crippen LogP contribution in [0.2, 0.25) is 0 Å². The molecule has 6 heteroatoms. The number of hydrogen-bond acceptors (Lipinski definition) is 4. The van der Waals surface area contributed by atoms with E-state index in [2.05, 4.69) is 22.0 Å². The second kappa shape index (κ2) is 8.92. The average molecular weight is 390 g/mol. The highest BCUT2D eigenvalue weighted by Crippen LogP contribution is 2.17. The molecular formula is C23H26N4O2. The third-order valence-corrected chi connectivity index (χ3v) is 5.19. The zero-order valence-electron chi connectivity index (χ0n) is 16.7. The van der Waals surface area contributed by atoms with Crippen LogP contribution in [0.5, 0.6) is 5.75 Å². The van der Waals surface area contributed by atoms with E-state index in [1.54, 1.807) is 12.5 Å². The van der Waals surface area contributed by atoms with Crippen LogP contribution in [0.1, 0.15) is 23.0 Å². The standard InChI is InChI=1S/C23H26N4O2/c1-2-29-21-10-8-19(9-11-21)17-25-12-14-26(15-13-25)23(28)22-16-24-18-27(22)20-6-4-3-5-7-20/h3-11,16,18H,2,12-15,17H2,1H3. The van der Waals surface area contributed by atoms with Crippen molar-refractivity contribution >= 4 is 5.91 Å². The van der Waals surface area contributed by atoms with Crippen molar-refractivity contribution in [2.24, 2.45) is 0 Å². The number of nitrogens with zero attached hydrogens (tertiary/aromatic N) is 4. The first kappa shape index (κ1) is 19.2. The van der Waals surface area contributed by atoms with Gasteiger partial charge in [-0.05, 0) is 36.8 Å². The van der Waals surface area contributed by atoms with Gasteiger partial charge in [-0.15, -0.1) is 0 Å². The zero-order valence-corrected chi connectivity index (χ0v) is 16.7. The van der Waals surface area contributed by atoms with Crippen LogP contribution in [0.3, 0.4) is 0 Å². The Labute approximate surface area is 171 Å². The molecule has 3 aromatic rings. The van der Waals surface area contributed by atoms with E-state index in [0.29, 0.717) is 12.3 Å². The van der Waals surface area contributed by atoms with Gasteiger partial charge in [-0.25, -0.2) is 4.98 Å². The molecule has 0 aliphatic carbocycles. The van der Waals surface area contributed by atoms with Crippen molar-refractivity contribution in [1.82, 2.24) is 19.4 Å². The van der Waals surface area contributed by atoms with Crippen molar-refractivity contribution in [2.75, 3.05) is 32.8 Å². The van der Waals surface area contributed by atoms with Gasteiger partial charge in [-0.2, -0.15) is 0 Å². The molecule has 0 radical (unpaired) electrons. The van der Waals surface area contributed by atoms with E-state index in [1.807, 2.05) is 58.9 Å². The van der Waals surface area contributed by atoms with E-state index >= 15 is 0 Å². The first-order valence-electron chi connectivity index (χ1n) is 10.1. The molecule has 1 fully saturated rings. The van der Waals surface area contributed by atoms with Gasteiger partial charge in [0.05, 0.1) is 19.1 Å². The molecule has 6 nitrogen and oxygen atoms in total. The molecule has 0 N–H and O–H groups in total. The maximum absolute atomic E-state index is 13.1. The molecule has 1 aliphatic heterocycles. The average Bonchev–Trinajstić information content (AvgIpc) is 3.26. The molecule has 0 saturated carbocycles. The normalized spacial score (nSPS) is 14.7. The molecule has 2 heterocycles. The van der Waals surface area contributed by atoms with Crippen LogP contribution < -0.4 is 4.74 Å². The van der Waals surface area contributed by atoms with Crippen molar-refractivity contribution in [3.8, 4) is 11.4 Å². The van der Waals surface area contributed by atoms with Gasteiger partial charge in [0.1, 0.15) is 11.4 Å². The predicted octanol–water partition coefficient (Wildman–Crippen LogP) is 3.23. The van der Waals surface area contributed by atoms with Gasteiger partial charge >= 0.3 is 0 Å². The van der Waals surface area contributed by atoms with E-state index < -0.39 is 0 Å². The summed E-state index contributed by atoms with van der Waals surface area (Å²) in [6.45, 7) is 6.71. The summed E-state index contributed by atoms with van der Waals surface area (Å²) >= 11 is 0. The van der Waals surface area contributed by atoms with Crippen molar-refractivity contribution in [3.05, 3.63) is 78.4 Å². The summed E-state index contributed by atoms with van der Waals surface area (Å²) < 4.78 is 7.36. The van der Waals surface area contributed by atoms with E-state index in [9.17, 15) is 4.79 Å². The molecule has 0 unspecified atom stereocenters. The summed E-state index contributed by atoms with van der Waals surface area (Å²) in [6, 6.07) is 18.1. The number of carbonyl (C=O) groups is 1. The number of benzene rings is 2. The first-order valence-corrected chi connectivity index (χ1v) is 10.1. The molecular weight excluding hydrogens is 364 g/mol. The number of piperazine rings is 1. The molecule has 29 heavy (non-hydrogen) atoms. The minimum absolute atomic E-state index is 0.0343. The molecule has 150 valence electrons. The van der Waals surface area contributed by atoms with Crippen molar-refractivity contribution in [1.29, 1.82) is 0 Å². The minimum Gasteiger partial charge on any atom is -0.494 e. The van der Waals surface area contributed by atoms with Crippen molar-refractivity contribution < 1.29 is 9.53 Å². The number of hydrogen-bond donors (Lipinski definition) is 0. The van der Waals surface area contributed by atoms with Crippen LogP contribution in [0.15, 0.2) is 67.1 Å². The molecule has 2 aromatic carbocycles. The molecule has 0 bridgehead atoms. The van der Waals surface area contributed by atoms with E-state index in [0.717, 1.165) is 44.2 Å². The molecule has 1 amide bonds. The molecule has 4 rings (SSSR count). The fourth-order valence-corrected chi connectivity index (χ4v) is 3.63. The summed E-state index contributed by atoms with van der Waals surface area (Å²) in [5.74, 6) is 0.939. The summed E-state index contributed by atoms with van der Waals surface area (Å²) in [5, 5.41) is 0. The number of rotatable bonds is 6. The third-order valence-electron chi connectivity index (χ3n) is 5.19. The lowest BCUT2D eigenvalue weighted by atomic mass is 10.2. The molecule has 0 atom stereocenters. The lowest BCUT2D eigenvalue weighted by Crippen LogP contribution is -2.48. The van der Waals surface area contributed by atoms with Gasteiger partial charge in [0.2, 0.25) is 0 Å². The van der Waals surface area contributed by atoms with Crippen LogP contribution in [0, 0.1) is 0 Å². The molecule has 1 aliphatic rings.